The monoisotopic (exact) mass is 442 g/mol. The zero-order valence-corrected chi connectivity index (χ0v) is 19.4. The van der Waals surface area contributed by atoms with Gasteiger partial charge < -0.3 is 9.64 Å². The Hall–Kier alpha value is -1.46. The molecule has 1 aromatic rings. The van der Waals surface area contributed by atoms with Crippen molar-refractivity contribution in [3.63, 3.8) is 0 Å². The first-order valence-corrected chi connectivity index (χ1v) is 13.0. The summed E-state index contributed by atoms with van der Waals surface area (Å²) in [5.74, 6) is 0.975. The molecular weight excluding hydrogens is 403 g/mol. The second-order valence-corrected chi connectivity index (χ2v) is 10.8. The zero-order valence-electron chi connectivity index (χ0n) is 19.4. The van der Waals surface area contributed by atoms with Crippen molar-refractivity contribution in [2.24, 2.45) is 5.92 Å². The van der Waals surface area contributed by atoms with Gasteiger partial charge in [0, 0.05) is 44.7 Å². The second kappa shape index (κ2) is 9.80. The molecule has 4 aliphatic rings. The average Bonchev–Trinajstić information content (AvgIpc) is 3.52. The number of likely N-dealkylation sites (tertiary alicyclic amines) is 1. The number of amides is 1. The molecule has 2 saturated heterocycles. The largest absolute Gasteiger partial charge is 0.375 e. The van der Waals surface area contributed by atoms with E-state index in [0.717, 1.165) is 70.7 Å². The second-order valence-electron chi connectivity index (χ2n) is 10.8. The van der Waals surface area contributed by atoms with Crippen LogP contribution in [0.2, 0.25) is 0 Å². The third kappa shape index (κ3) is 5.36. The number of nitrogens with zero attached hydrogens (tertiary/aromatic N) is 2. The van der Waals surface area contributed by atoms with E-state index in [1.54, 1.807) is 12.1 Å². The van der Waals surface area contributed by atoms with Crippen molar-refractivity contribution in [1.82, 2.24) is 9.80 Å². The maximum atomic E-state index is 13.3. The van der Waals surface area contributed by atoms with Gasteiger partial charge in [-0.25, -0.2) is 4.39 Å². The molecule has 5 heteroatoms. The first-order valence-electron chi connectivity index (χ1n) is 13.0. The summed E-state index contributed by atoms with van der Waals surface area (Å²) in [6.07, 6.45) is 13.8. The van der Waals surface area contributed by atoms with Crippen LogP contribution in [0.1, 0.15) is 82.6 Å². The maximum absolute atomic E-state index is 13.3. The fourth-order valence-electron chi connectivity index (χ4n) is 6.34. The standard InChI is InChI=1S/C27H39FN2O2/c28-23-8-5-22(6-9-23)20-30(24-10-11-24)25-13-18-32-27(19-25)14-16-29(17-15-27)26(31)12-7-21-3-1-2-4-21/h5-6,8-9,21,24-25H,1-4,7,10-20H2. The normalized spacial score (nSPS) is 26.2. The Morgan fingerprint density at radius 1 is 1.03 bits per heavy atom. The highest BCUT2D eigenvalue weighted by Gasteiger charge is 2.45. The topological polar surface area (TPSA) is 32.8 Å². The van der Waals surface area contributed by atoms with Gasteiger partial charge in [-0.15, -0.1) is 0 Å². The highest BCUT2D eigenvalue weighted by molar-refractivity contribution is 5.76. The molecular formula is C27H39FN2O2. The lowest BCUT2D eigenvalue weighted by atomic mass is 9.81. The zero-order chi connectivity index (χ0) is 22.0. The smallest absolute Gasteiger partial charge is 0.222 e. The van der Waals surface area contributed by atoms with E-state index >= 15 is 0 Å². The summed E-state index contributed by atoms with van der Waals surface area (Å²) in [7, 11) is 0. The predicted octanol–water partition coefficient (Wildman–Crippen LogP) is 5.30. The van der Waals surface area contributed by atoms with Crippen molar-refractivity contribution < 1.29 is 13.9 Å². The molecule has 176 valence electrons. The molecule has 2 saturated carbocycles. The van der Waals surface area contributed by atoms with Crippen LogP contribution in [0.4, 0.5) is 4.39 Å². The van der Waals surface area contributed by atoms with Gasteiger partial charge in [0.1, 0.15) is 5.82 Å². The minimum absolute atomic E-state index is 0.0684. The summed E-state index contributed by atoms with van der Waals surface area (Å²) < 4.78 is 19.8. The Balaban J connectivity index is 1.15. The Morgan fingerprint density at radius 2 is 1.75 bits per heavy atom. The van der Waals surface area contributed by atoms with Crippen molar-refractivity contribution in [2.45, 2.75) is 101 Å². The molecule has 0 bridgehead atoms. The van der Waals surface area contributed by atoms with Gasteiger partial charge in [0.25, 0.3) is 0 Å². The van der Waals surface area contributed by atoms with Crippen LogP contribution in [-0.4, -0.2) is 53.1 Å². The number of hydrogen-bond donors (Lipinski definition) is 0. The average molecular weight is 443 g/mol. The number of carbonyl (C=O) groups excluding carboxylic acids is 1. The number of benzene rings is 1. The molecule has 1 amide bonds. The molecule has 1 aromatic carbocycles. The van der Waals surface area contributed by atoms with Gasteiger partial charge in [-0.2, -0.15) is 0 Å². The van der Waals surface area contributed by atoms with Gasteiger partial charge >= 0.3 is 0 Å². The van der Waals surface area contributed by atoms with Gasteiger partial charge in [-0.3, -0.25) is 9.69 Å². The number of piperidine rings is 1. The van der Waals surface area contributed by atoms with Crippen molar-refractivity contribution in [3.8, 4) is 0 Å². The molecule has 1 unspecified atom stereocenters. The van der Waals surface area contributed by atoms with Gasteiger partial charge in [-0.05, 0) is 68.6 Å². The molecule has 2 heterocycles. The molecule has 0 aromatic heterocycles. The molecule has 0 N–H and O–H groups in total. The van der Waals surface area contributed by atoms with Crippen LogP contribution in [0, 0.1) is 11.7 Å². The van der Waals surface area contributed by atoms with Crippen LogP contribution < -0.4 is 0 Å². The minimum Gasteiger partial charge on any atom is -0.375 e. The predicted molar refractivity (Wildman–Crippen MR) is 124 cm³/mol. The highest BCUT2D eigenvalue weighted by atomic mass is 19.1. The summed E-state index contributed by atoms with van der Waals surface area (Å²) in [6.45, 7) is 3.40. The lowest BCUT2D eigenvalue weighted by Crippen LogP contribution is -2.54. The summed E-state index contributed by atoms with van der Waals surface area (Å²) in [4.78, 5) is 17.5. The number of rotatable bonds is 7. The first kappa shape index (κ1) is 22.3. The molecule has 1 atom stereocenters. The third-order valence-electron chi connectivity index (χ3n) is 8.50. The molecule has 2 aliphatic carbocycles. The van der Waals surface area contributed by atoms with Crippen molar-refractivity contribution in [1.29, 1.82) is 0 Å². The van der Waals surface area contributed by atoms with Crippen molar-refractivity contribution in [3.05, 3.63) is 35.6 Å². The Labute approximate surface area is 192 Å². The van der Waals surface area contributed by atoms with E-state index in [-0.39, 0.29) is 11.4 Å². The molecule has 32 heavy (non-hydrogen) atoms. The Bertz CT molecular complexity index is 764. The quantitative estimate of drug-likeness (QED) is 0.574. The fourth-order valence-corrected chi connectivity index (χ4v) is 6.34. The summed E-state index contributed by atoms with van der Waals surface area (Å²) in [5, 5.41) is 0. The van der Waals surface area contributed by atoms with E-state index in [1.165, 1.54) is 44.1 Å². The lowest BCUT2D eigenvalue weighted by molar-refractivity contribution is -0.150. The van der Waals surface area contributed by atoms with Crippen LogP contribution in [0.25, 0.3) is 0 Å². The summed E-state index contributed by atoms with van der Waals surface area (Å²) in [5.41, 5.74) is 1.13. The molecule has 1 spiro atoms. The van der Waals surface area contributed by atoms with E-state index < -0.39 is 0 Å². The molecule has 0 radical (unpaired) electrons. The van der Waals surface area contributed by atoms with Gasteiger partial charge in [0.15, 0.2) is 0 Å². The molecule has 5 rings (SSSR count). The van der Waals surface area contributed by atoms with E-state index in [4.69, 9.17) is 4.74 Å². The number of ether oxygens (including phenoxy) is 1. The summed E-state index contributed by atoms with van der Waals surface area (Å²) in [6, 6.07) is 8.19. The van der Waals surface area contributed by atoms with Crippen LogP contribution >= 0.6 is 0 Å². The molecule has 4 nitrogen and oxygen atoms in total. The van der Waals surface area contributed by atoms with Crippen LogP contribution in [0.5, 0.6) is 0 Å². The Morgan fingerprint density at radius 3 is 2.44 bits per heavy atom. The van der Waals surface area contributed by atoms with Gasteiger partial charge in [0.05, 0.1) is 5.60 Å². The maximum Gasteiger partial charge on any atom is 0.222 e. The third-order valence-corrected chi connectivity index (χ3v) is 8.50. The van der Waals surface area contributed by atoms with E-state index in [2.05, 4.69) is 9.80 Å². The number of halogens is 1. The van der Waals surface area contributed by atoms with Crippen molar-refractivity contribution in [2.75, 3.05) is 19.7 Å². The number of hydrogen-bond acceptors (Lipinski definition) is 3. The Kier molecular flexibility index (Phi) is 6.84. The fraction of sp³-hybridized carbons (Fsp3) is 0.741. The SMILES string of the molecule is O=C(CCC1CCCC1)N1CCC2(CC1)CC(N(Cc1ccc(F)cc1)C1CC1)CCO2. The van der Waals surface area contributed by atoms with E-state index in [9.17, 15) is 9.18 Å². The molecule has 4 fully saturated rings. The van der Waals surface area contributed by atoms with Crippen LogP contribution in [0.15, 0.2) is 24.3 Å². The highest BCUT2D eigenvalue weighted by Crippen LogP contribution is 2.41. The summed E-state index contributed by atoms with van der Waals surface area (Å²) >= 11 is 0. The molecule has 2 aliphatic heterocycles. The minimum atomic E-state index is -0.165. The van der Waals surface area contributed by atoms with E-state index in [0.29, 0.717) is 18.0 Å². The van der Waals surface area contributed by atoms with Crippen LogP contribution in [-0.2, 0) is 16.1 Å². The van der Waals surface area contributed by atoms with Gasteiger partial charge in [-0.1, -0.05) is 37.8 Å². The van der Waals surface area contributed by atoms with Crippen molar-refractivity contribution >= 4 is 5.91 Å². The first-order chi connectivity index (χ1) is 15.6. The van der Waals surface area contributed by atoms with Crippen LogP contribution in [0.3, 0.4) is 0 Å². The van der Waals surface area contributed by atoms with Gasteiger partial charge in [0.2, 0.25) is 5.91 Å². The lowest BCUT2D eigenvalue weighted by Gasteiger charge is -2.48. The van der Waals surface area contributed by atoms with E-state index in [1.807, 2.05) is 12.1 Å². The number of carbonyl (C=O) groups is 1.